The van der Waals surface area contributed by atoms with Crippen LogP contribution in [0, 0.1) is 0 Å². The fraction of sp³-hybridized carbons (Fsp3) is 0.263. The molecule has 1 heterocycles. The van der Waals surface area contributed by atoms with Crippen LogP contribution >= 0.6 is 0 Å². The number of cyclic esters (lactones) is 1. The van der Waals surface area contributed by atoms with Crippen molar-refractivity contribution in [2.24, 2.45) is 0 Å². The van der Waals surface area contributed by atoms with Gasteiger partial charge in [0, 0.05) is 11.6 Å². The summed E-state index contributed by atoms with van der Waals surface area (Å²) in [7, 11) is 1.51. The number of rotatable bonds is 5. The predicted molar refractivity (Wildman–Crippen MR) is 94.4 cm³/mol. The average Bonchev–Trinajstić information content (AvgIpc) is 3.06. The number of carbonyl (C=O) groups excluding carboxylic acids is 2. The molecule has 0 saturated carbocycles. The maximum atomic E-state index is 12.6. The van der Waals surface area contributed by atoms with Gasteiger partial charge in [-0.05, 0) is 36.4 Å². The molecular formula is C19H17F3N2O4. The first kappa shape index (κ1) is 19.5. The van der Waals surface area contributed by atoms with Crippen LogP contribution in [0.25, 0.3) is 0 Å². The molecule has 1 aliphatic heterocycles. The third kappa shape index (κ3) is 4.36. The van der Waals surface area contributed by atoms with Crippen molar-refractivity contribution in [1.29, 1.82) is 0 Å². The number of benzene rings is 2. The summed E-state index contributed by atoms with van der Waals surface area (Å²) in [5.41, 5.74) is -0.148. The molecule has 0 radical (unpaired) electrons. The number of hydrogen-bond acceptors (Lipinski definition) is 4. The van der Waals surface area contributed by atoms with Crippen LogP contribution in [0.2, 0.25) is 0 Å². The van der Waals surface area contributed by atoms with Gasteiger partial charge in [-0.2, -0.15) is 13.2 Å². The fourth-order valence-electron chi connectivity index (χ4n) is 2.74. The molecule has 9 heteroatoms. The molecule has 0 aromatic heterocycles. The van der Waals surface area contributed by atoms with E-state index in [1.807, 2.05) is 0 Å². The van der Waals surface area contributed by atoms with E-state index in [0.717, 1.165) is 24.3 Å². The van der Waals surface area contributed by atoms with Gasteiger partial charge in [0.1, 0.15) is 11.9 Å². The molecule has 148 valence electrons. The SMILES string of the molecule is COc1cccc(N2CC(CNC(=O)c3ccc(C(F)(F)F)cc3)OC2=O)c1. The van der Waals surface area contributed by atoms with Gasteiger partial charge in [-0.25, -0.2) is 4.79 Å². The number of halogens is 3. The highest BCUT2D eigenvalue weighted by atomic mass is 19.4. The van der Waals surface area contributed by atoms with E-state index >= 15 is 0 Å². The zero-order valence-corrected chi connectivity index (χ0v) is 14.8. The van der Waals surface area contributed by atoms with Crippen molar-refractivity contribution < 1.29 is 32.2 Å². The largest absolute Gasteiger partial charge is 0.497 e. The number of hydrogen-bond donors (Lipinski definition) is 1. The van der Waals surface area contributed by atoms with Gasteiger partial charge >= 0.3 is 12.3 Å². The number of nitrogens with zero attached hydrogens (tertiary/aromatic N) is 1. The van der Waals surface area contributed by atoms with E-state index in [9.17, 15) is 22.8 Å². The average molecular weight is 394 g/mol. The van der Waals surface area contributed by atoms with Gasteiger partial charge in [0.15, 0.2) is 0 Å². The van der Waals surface area contributed by atoms with Crippen LogP contribution in [0.1, 0.15) is 15.9 Å². The quantitative estimate of drug-likeness (QED) is 0.843. The maximum absolute atomic E-state index is 12.6. The van der Waals surface area contributed by atoms with Gasteiger partial charge in [-0.3, -0.25) is 9.69 Å². The molecule has 1 fully saturated rings. The van der Waals surface area contributed by atoms with Crippen molar-refractivity contribution in [1.82, 2.24) is 5.32 Å². The summed E-state index contributed by atoms with van der Waals surface area (Å²) in [6, 6.07) is 10.8. The van der Waals surface area contributed by atoms with Crippen LogP contribution < -0.4 is 15.0 Å². The molecule has 1 aliphatic rings. The minimum Gasteiger partial charge on any atom is -0.497 e. The van der Waals surface area contributed by atoms with Gasteiger partial charge in [0.25, 0.3) is 5.91 Å². The molecule has 1 saturated heterocycles. The molecular weight excluding hydrogens is 377 g/mol. The lowest BCUT2D eigenvalue weighted by atomic mass is 10.1. The van der Waals surface area contributed by atoms with Crippen molar-refractivity contribution in [2.45, 2.75) is 12.3 Å². The monoisotopic (exact) mass is 394 g/mol. The highest BCUT2D eigenvalue weighted by Gasteiger charge is 2.33. The second kappa shape index (κ2) is 7.79. The number of carbonyl (C=O) groups is 2. The number of ether oxygens (including phenoxy) is 2. The van der Waals surface area contributed by atoms with E-state index in [0.29, 0.717) is 11.4 Å². The molecule has 2 amide bonds. The van der Waals surface area contributed by atoms with Gasteiger partial charge < -0.3 is 14.8 Å². The molecule has 2 aromatic rings. The Hall–Kier alpha value is -3.23. The van der Waals surface area contributed by atoms with Crippen LogP contribution in [-0.4, -0.2) is 38.3 Å². The van der Waals surface area contributed by atoms with Crippen molar-refractivity contribution in [3.63, 3.8) is 0 Å². The van der Waals surface area contributed by atoms with Crippen molar-refractivity contribution in [2.75, 3.05) is 25.1 Å². The third-order valence-electron chi connectivity index (χ3n) is 4.20. The lowest BCUT2D eigenvalue weighted by Gasteiger charge is -2.14. The maximum Gasteiger partial charge on any atom is 0.416 e. The van der Waals surface area contributed by atoms with Gasteiger partial charge in [-0.1, -0.05) is 6.07 Å². The van der Waals surface area contributed by atoms with Crippen LogP contribution in [0.15, 0.2) is 48.5 Å². The van der Waals surface area contributed by atoms with E-state index in [2.05, 4.69) is 5.32 Å². The Morgan fingerprint density at radius 2 is 1.96 bits per heavy atom. The van der Waals surface area contributed by atoms with E-state index in [1.165, 1.54) is 12.0 Å². The molecule has 1 unspecified atom stereocenters. The highest BCUT2D eigenvalue weighted by Crippen LogP contribution is 2.29. The summed E-state index contributed by atoms with van der Waals surface area (Å²) < 4.78 is 48.1. The summed E-state index contributed by atoms with van der Waals surface area (Å²) in [6.45, 7) is 0.255. The standard InChI is InChI=1S/C19H17F3N2O4/c1-27-15-4-2-3-14(9-15)24-11-16(28-18(24)26)10-23-17(25)12-5-7-13(8-6-12)19(20,21)22/h2-9,16H,10-11H2,1H3,(H,23,25). The summed E-state index contributed by atoms with van der Waals surface area (Å²) >= 11 is 0. The van der Waals surface area contributed by atoms with Crippen LogP contribution in [0.5, 0.6) is 5.75 Å². The zero-order valence-electron chi connectivity index (χ0n) is 14.8. The molecule has 1 N–H and O–H groups in total. The first-order chi connectivity index (χ1) is 13.3. The highest BCUT2D eigenvalue weighted by molar-refractivity contribution is 5.94. The molecule has 0 spiro atoms. The molecule has 28 heavy (non-hydrogen) atoms. The predicted octanol–water partition coefficient (Wildman–Crippen LogP) is 3.47. The zero-order chi connectivity index (χ0) is 20.3. The lowest BCUT2D eigenvalue weighted by molar-refractivity contribution is -0.137. The summed E-state index contributed by atoms with van der Waals surface area (Å²) in [5.74, 6) is 0.0361. The van der Waals surface area contributed by atoms with E-state index in [4.69, 9.17) is 9.47 Å². The van der Waals surface area contributed by atoms with Crippen LogP contribution in [-0.2, 0) is 10.9 Å². The van der Waals surface area contributed by atoms with Gasteiger partial charge in [0.05, 0.1) is 31.5 Å². The Labute approximate surface area is 158 Å². The molecule has 0 bridgehead atoms. The number of methoxy groups -OCH3 is 1. The normalized spacial score (nSPS) is 16.6. The fourth-order valence-corrected chi connectivity index (χ4v) is 2.74. The summed E-state index contributed by atoms with van der Waals surface area (Å²) in [6.07, 6.45) is -5.60. The van der Waals surface area contributed by atoms with Gasteiger partial charge in [-0.15, -0.1) is 0 Å². The Balaban J connectivity index is 1.58. The Kier molecular flexibility index (Phi) is 5.43. The second-order valence-corrected chi connectivity index (χ2v) is 6.10. The Bertz CT molecular complexity index is 868. The summed E-state index contributed by atoms with van der Waals surface area (Å²) in [5, 5.41) is 2.57. The number of alkyl halides is 3. The minimum atomic E-state index is -4.46. The number of amides is 2. The third-order valence-corrected chi connectivity index (χ3v) is 4.20. The van der Waals surface area contributed by atoms with Crippen LogP contribution in [0.4, 0.5) is 23.7 Å². The van der Waals surface area contributed by atoms with Crippen molar-refractivity contribution in [3.05, 3.63) is 59.7 Å². The topological polar surface area (TPSA) is 67.9 Å². The molecule has 0 aliphatic carbocycles. The lowest BCUT2D eigenvalue weighted by Crippen LogP contribution is -2.34. The van der Waals surface area contributed by atoms with E-state index < -0.39 is 29.8 Å². The summed E-state index contributed by atoms with van der Waals surface area (Å²) in [4.78, 5) is 25.6. The van der Waals surface area contributed by atoms with E-state index in [-0.39, 0.29) is 18.7 Å². The van der Waals surface area contributed by atoms with Crippen LogP contribution in [0.3, 0.4) is 0 Å². The number of anilines is 1. The first-order valence-electron chi connectivity index (χ1n) is 8.35. The Morgan fingerprint density at radius 3 is 2.61 bits per heavy atom. The molecule has 2 aromatic carbocycles. The van der Waals surface area contributed by atoms with Crippen molar-refractivity contribution >= 4 is 17.7 Å². The first-order valence-corrected chi connectivity index (χ1v) is 8.35. The number of nitrogens with one attached hydrogen (secondary N) is 1. The molecule has 6 nitrogen and oxygen atoms in total. The Morgan fingerprint density at radius 1 is 1.25 bits per heavy atom. The van der Waals surface area contributed by atoms with Gasteiger partial charge in [0.2, 0.25) is 0 Å². The molecule has 1 atom stereocenters. The van der Waals surface area contributed by atoms with Crippen molar-refractivity contribution in [3.8, 4) is 5.75 Å². The van der Waals surface area contributed by atoms with E-state index in [1.54, 1.807) is 24.3 Å². The minimum absolute atomic E-state index is 0.0338. The molecule has 3 rings (SSSR count). The second-order valence-electron chi connectivity index (χ2n) is 6.10. The smallest absolute Gasteiger partial charge is 0.416 e.